The first-order chi connectivity index (χ1) is 7.70. The van der Waals surface area contributed by atoms with Crippen LogP contribution in [0.5, 0.6) is 0 Å². The molecular formula is C8H7Cl2N5S. The Morgan fingerprint density at radius 1 is 1.38 bits per heavy atom. The van der Waals surface area contributed by atoms with Crippen molar-refractivity contribution in [2.75, 3.05) is 12.4 Å². The number of rotatable bonds is 3. The Morgan fingerprint density at radius 2 is 2.19 bits per heavy atom. The largest absolute Gasteiger partial charge is 0.372 e. The van der Waals surface area contributed by atoms with E-state index in [1.54, 1.807) is 13.1 Å². The molecule has 2 aromatic heterocycles. The monoisotopic (exact) mass is 275 g/mol. The molecule has 0 fully saturated rings. The Labute approximate surface area is 106 Å². The minimum Gasteiger partial charge on any atom is -0.372 e. The van der Waals surface area contributed by atoms with E-state index in [4.69, 9.17) is 23.2 Å². The Bertz CT molecular complexity index is 487. The van der Waals surface area contributed by atoms with Gasteiger partial charge in [-0.25, -0.2) is 9.97 Å². The van der Waals surface area contributed by atoms with Gasteiger partial charge < -0.3 is 5.32 Å². The first-order valence-electron chi connectivity index (χ1n) is 4.27. The van der Waals surface area contributed by atoms with Crippen molar-refractivity contribution in [2.45, 2.75) is 10.2 Å². The maximum atomic E-state index is 6.02. The van der Waals surface area contributed by atoms with Crippen LogP contribution in [-0.4, -0.2) is 27.2 Å². The summed E-state index contributed by atoms with van der Waals surface area (Å²) in [5.74, 6) is 0.577. The molecule has 16 heavy (non-hydrogen) atoms. The predicted octanol–water partition coefficient (Wildman–Crippen LogP) is 2.70. The van der Waals surface area contributed by atoms with E-state index < -0.39 is 0 Å². The normalized spacial score (nSPS) is 10.4. The van der Waals surface area contributed by atoms with Gasteiger partial charge in [-0.05, 0) is 17.8 Å². The average Bonchev–Trinajstić information content (AvgIpc) is 2.75. The van der Waals surface area contributed by atoms with E-state index in [0.29, 0.717) is 26.0 Å². The summed E-state index contributed by atoms with van der Waals surface area (Å²) in [5, 5.41) is 11.5. The highest BCUT2D eigenvalue weighted by atomic mass is 35.5. The first kappa shape index (κ1) is 11.5. The Hall–Kier alpha value is -0.980. The van der Waals surface area contributed by atoms with Crippen LogP contribution in [0.2, 0.25) is 10.0 Å². The third kappa shape index (κ3) is 2.40. The smallest absolute Gasteiger partial charge is 0.189 e. The topological polar surface area (TPSA) is 66.5 Å². The highest BCUT2D eigenvalue weighted by Gasteiger charge is 2.11. The summed E-state index contributed by atoms with van der Waals surface area (Å²) in [6, 6.07) is 1.64. The molecule has 2 N–H and O–H groups in total. The zero-order valence-electron chi connectivity index (χ0n) is 8.16. The van der Waals surface area contributed by atoms with Crippen molar-refractivity contribution in [3.63, 3.8) is 0 Å². The Morgan fingerprint density at radius 3 is 2.81 bits per heavy atom. The highest BCUT2D eigenvalue weighted by molar-refractivity contribution is 7.99. The molecule has 0 saturated carbocycles. The molecule has 2 aromatic rings. The molecule has 84 valence electrons. The van der Waals surface area contributed by atoms with Gasteiger partial charge in [-0.2, -0.15) is 5.10 Å². The molecule has 0 amide bonds. The number of halogens is 2. The third-order valence-electron chi connectivity index (χ3n) is 1.72. The molecule has 2 heterocycles. The van der Waals surface area contributed by atoms with Crippen LogP contribution in [0.1, 0.15) is 0 Å². The SMILES string of the molecule is CNc1nc(Sc2ncn[nH]2)c(Cl)cc1Cl. The fourth-order valence-electron chi connectivity index (χ4n) is 1.03. The number of hydrogen-bond donors (Lipinski definition) is 2. The van der Waals surface area contributed by atoms with Crippen LogP contribution in [0.15, 0.2) is 22.6 Å². The fourth-order valence-corrected chi connectivity index (χ4v) is 2.28. The average molecular weight is 276 g/mol. The van der Waals surface area contributed by atoms with Gasteiger partial charge in [0.05, 0.1) is 10.0 Å². The molecule has 0 radical (unpaired) electrons. The maximum absolute atomic E-state index is 6.02. The molecule has 0 aliphatic heterocycles. The molecule has 0 saturated heterocycles. The molecular weight excluding hydrogens is 269 g/mol. The molecule has 5 nitrogen and oxygen atoms in total. The second kappa shape index (κ2) is 4.90. The molecule has 8 heteroatoms. The van der Waals surface area contributed by atoms with Crippen molar-refractivity contribution in [1.29, 1.82) is 0 Å². The second-order valence-electron chi connectivity index (χ2n) is 2.75. The molecule has 0 aromatic carbocycles. The summed E-state index contributed by atoms with van der Waals surface area (Å²) in [4.78, 5) is 8.24. The molecule has 0 atom stereocenters. The van der Waals surface area contributed by atoms with Crippen LogP contribution in [-0.2, 0) is 0 Å². The lowest BCUT2D eigenvalue weighted by atomic mass is 10.4. The lowest BCUT2D eigenvalue weighted by Gasteiger charge is -2.06. The summed E-state index contributed by atoms with van der Waals surface area (Å²) in [7, 11) is 1.74. The van der Waals surface area contributed by atoms with E-state index >= 15 is 0 Å². The number of aromatic nitrogens is 4. The van der Waals surface area contributed by atoms with Gasteiger partial charge in [0.15, 0.2) is 5.16 Å². The Balaban J connectivity index is 2.33. The van der Waals surface area contributed by atoms with Crippen molar-refractivity contribution >= 4 is 40.8 Å². The predicted molar refractivity (Wildman–Crippen MR) is 64.3 cm³/mol. The second-order valence-corrected chi connectivity index (χ2v) is 4.54. The van der Waals surface area contributed by atoms with Gasteiger partial charge in [-0.15, -0.1) is 0 Å². The lowest BCUT2D eigenvalue weighted by Crippen LogP contribution is -1.95. The Kier molecular flexibility index (Phi) is 3.52. The fraction of sp³-hybridized carbons (Fsp3) is 0.125. The maximum Gasteiger partial charge on any atom is 0.189 e. The van der Waals surface area contributed by atoms with Gasteiger partial charge in [0.2, 0.25) is 0 Å². The van der Waals surface area contributed by atoms with E-state index in [1.807, 2.05) is 0 Å². The summed E-state index contributed by atoms with van der Waals surface area (Å²) in [5.41, 5.74) is 0. The number of hydrogen-bond acceptors (Lipinski definition) is 5. The molecule has 0 spiro atoms. The van der Waals surface area contributed by atoms with E-state index in [0.717, 1.165) is 0 Å². The standard InChI is InChI=1S/C8H7Cl2N5S/c1-11-6-4(9)2-5(10)7(14-6)16-8-12-3-13-15-8/h2-3H,1H3,(H,11,14)(H,12,13,15). The van der Waals surface area contributed by atoms with Gasteiger partial charge >= 0.3 is 0 Å². The minimum absolute atomic E-state index is 0.477. The van der Waals surface area contributed by atoms with Crippen LogP contribution >= 0.6 is 35.0 Å². The van der Waals surface area contributed by atoms with Gasteiger partial charge in [0, 0.05) is 7.05 Å². The number of aromatic amines is 1. The first-order valence-corrected chi connectivity index (χ1v) is 5.85. The van der Waals surface area contributed by atoms with Crippen molar-refractivity contribution < 1.29 is 0 Å². The van der Waals surface area contributed by atoms with Crippen molar-refractivity contribution in [3.8, 4) is 0 Å². The third-order valence-corrected chi connectivity index (χ3v) is 3.30. The van der Waals surface area contributed by atoms with Gasteiger partial charge in [0.1, 0.15) is 17.2 Å². The lowest BCUT2D eigenvalue weighted by molar-refractivity contribution is 0.967. The zero-order valence-corrected chi connectivity index (χ0v) is 10.5. The zero-order chi connectivity index (χ0) is 11.5. The summed E-state index contributed by atoms with van der Waals surface area (Å²) >= 11 is 13.2. The van der Waals surface area contributed by atoms with E-state index in [2.05, 4.69) is 25.5 Å². The quantitative estimate of drug-likeness (QED) is 0.902. The number of H-pyrrole nitrogens is 1. The molecule has 0 unspecified atom stereocenters. The number of nitrogens with zero attached hydrogens (tertiary/aromatic N) is 3. The van der Waals surface area contributed by atoms with Crippen molar-refractivity contribution in [2.24, 2.45) is 0 Å². The van der Waals surface area contributed by atoms with E-state index in [9.17, 15) is 0 Å². The van der Waals surface area contributed by atoms with E-state index in [1.165, 1.54) is 18.1 Å². The van der Waals surface area contributed by atoms with Gasteiger partial charge in [0.25, 0.3) is 0 Å². The van der Waals surface area contributed by atoms with Crippen molar-refractivity contribution in [1.82, 2.24) is 20.2 Å². The molecule has 2 rings (SSSR count). The van der Waals surface area contributed by atoms with Crippen molar-refractivity contribution in [3.05, 3.63) is 22.4 Å². The number of pyridine rings is 1. The van der Waals surface area contributed by atoms with E-state index in [-0.39, 0.29) is 0 Å². The van der Waals surface area contributed by atoms with Crippen LogP contribution in [0.4, 0.5) is 5.82 Å². The van der Waals surface area contributed by atoms with Gasteiger partial charge in [-0.3, -0.25) is 5.10 Å². The van der Waals surface area contributed by atoms with Crippen LogP contribution < -0.4 is 5.32 Å². The highest BCUT2D eigenvalue weighted by Crippen LogP contribution is 2.33. The van der Waals surface area contributed by atoms with Crippen LogP contribution in [0.25, 0.3) is 0 Å². The van der Waals surface area contributed by atoms with Crippen LogP contribution in [0.3, 0.4) is 0 Å². The summed E-state index contributed by atoms with van der Waals surface area (Å²) < 4.78 is 0. The summed E-state index contributed by atoms with van der Waals surface area (Å²) in [6.45, 7) is 0. The number of anilines is 1. The minimum atomic E-state index is 0.477. The number of nitrogens with one attached hydrogen (secondary N) is 2. The molecule has 0 aliphatic rings. The van der Waals surface area contributed by atoms with Gasteiger partial charge in [-0.1, -0.05) is 23.2 Å². The molecule has 0 bridgehead atoms. The molecule has 0 aliphatic carbocycles. The van der Waals surface area contributed by atoms with Crippen LogP contribution in [0, 0.1) is 0 Å². The summed E-state index contributed by atoms with van der Waals surface area (Å²) in [6.07, 6.45) is 1.42.